The van der Waals surface area contributed by atoms with E-state index in [9.17, 15) is 22.8 Å². The summed E-state index contributed by atoms with van der Waals surface area (Å²) in [5.74, 6) is -0.486. The molecule has 3 aromatic rings. The predicted molar refractivity (Wildman–Crippen MR) is 117 cm³/mol. The third kappa shape index (κ3) is 3.88. The molecule has 0 atom stereocenters. The number of aryl methyl sites for hydroxylation is 1. The Morgan fingerprint density at radius 1 is 1.16 bits per heavy atom. The van der Waals surface area contributed by atoms with E-state index in [0.717, 1.165) is 17.4 Å². The summed E-state index contributed by atoms with van der Waals surface area (Å²) >= 11 is 0. The summed E-state index contributed by atoms with van der Waals surface area (Å²) in [5.41, 5.74) is -1.04. The van der Waals surface area contributed by atoms with Crippen LogP contribution in [-0.2, 0) is 23.6 Å². The van der Waals surface area contributed by atoms with E-state index in [-0.39, 0.29) is 21.4 Å². The number of ketones is 1. The molecule has 1 aliphatic rings. The van der Waals surface area contributed by atoms with Crippen LogP contribution in [0.1, 0.15) is 35.7 Å². The van der Waals surface area contributed by atoms with Crippen LogP contribution in [0.2, 0.25) is 0 Å². The van der Waals surface area contributed by atoms with Crippen LogP contribution >= 0.6 is 0 Å². The molecule has 1 aliphatic carbocycles. The number of benzene rings is 2. The number of nitrogens with one attached hydrogen (secondary N) is 1. The first-order valence-electron chi connectivity index (χ1n) is 9.86. The zero-order valence-electron chi connectivity index (χ0n) is 17.5. The van der Waals surface area contributed by atoms with Gasteiger partial charge in [-0.1, -0.05) is 12.1 Å². The van der Waals surface area contributed by atoms with Crippen LogP contribution in [0.15, 0.2) is 56.9 Å². The summed E-state index contributed by atoms with van der Waals surface area (Å²) in [6.45, 7) is 1.29. The number of Topliss-reactive ketones (excluding diaryl/α,β-unsaturated/α-hetero) is 1. The molecular formula is C22H20N4O5S. The van der Waals surface area contributed by atoms with Gasteiger partial charge in [0.2, 0.25) is 10.0 Å². The number of hydrogen-bond acceptors (Lipinski definition) is 6. The van der Waals surface area contributed by atoms with Gasteiger partial charge in [-0.25, -0.2) is 17.9 Å². The maximum absolute atomic E-state index is 13.1. The first-order chi connectivity index (χ1) is 15.0. The highest BCUT2D eigenvalue weighted by Gasteiger charge is 2.41. The third-order valence-electron chi connectivity index (χ3n) is 5.65. The normalized spacial score (nSPS) is 14.8. The Hall–Kier alpha value is -3.55. The van der Waals surface area contributed by atoms with Crippen molar-refractivity contribution in [3.05, 3.63) is 74.4 Å². The van der Waals surface area contributed by atoms with Crippen molar-refractivity contribution in [1.82, 2.24) is 13.9 Å². The van der Waals surface area contributed by atoms with Crippen molar-refractivity contribution in [2.24, 2.45) is 7.05 Å². The quantitative estimate of drug-likeness (QED) is 0.561. The van der Waals surface area contributed by atoms with Crippen LogP contribution in [0.4, 0.5) is 0 Å². The monoisotopic (exact) mass is 452 g/mol. The van der Waals surface area contributed by atoms with Crippen molar-refractivity contribution in [1.29, 1.82) is 5.26 Å². The van der Waals surface area contributed by atoms with Gasteiger partial charge < -0.3 is 0 Å². The fourth-order valence-corrected chi connectivity index (χ4v) is 4.93. The third-order valence-corrected chi connectivity index (χ3v) is 7.29. The lowest BCUT2D eigenvalue weighted by molar-refractivity contribution is 0.0969. The van der Waals surface area contributed by atoms with Gasteiger partial charge in [0, 0.05) is 18.2 Å². The maximum Gasteiger partial charge on any atom is 0.331 e. The van der Waals surface area contributed by atoms with Crippen molar-refractivity contribution in [3.8, 4) is 6.07 Å². The number of aromatic nitrogens is 2. The van der Waals surface area contributed by atoms with E-state index >= 15 is 0 Å². The van der Waals surface area contributed by atoms with E-state index in [1.165, 1.54) is 54.1 Å². The average Bonchev–Trinajstić information content (AvgIpc) is 3.50. The second-order valence-electron chi connectivity index (χ2n) is 8.19. The number of sulfonamides is 1. The first kappa shape index (κ1) is 21.7. The molecule has 1 aromatic heterocycles. The summed E-state index contributed by atoms with van der Waals surface area (Å²) in [6.07, 6.45) is 1.47. The summed E-state index contributed by atoms with van der Waals surface area (Å²) < 4.78 is 30.1. The molecule has 1 heterocycles. The van der Waals surface area contributed by atoms with Gasteiger partial charge in [0.05, 0.1) is 34.0 Å². The van der Waals surface area contributed by atoms with E-state index in [0.29, 0.717) is 5.56 Å². The zero-order valence-corrected chi connectivity index (χ0v) is 18.3. The molecule has 32 heavy (non-hydrogen) atoms. The van der Waals surface area contributed by atoms with Crippen LogP contribution < -0.4 is 16.0 Å². The lowest BCUT2D eigenvalue weighted by Crippen LogP contribution is -2.41. The lowest BCUT2D eigenvalue weighted by Gasteiger charge is -2.14. The van der Waals surface area contributed by atoms with Gasteiger partial charge in [-0.3, -0.25) is 18.7 Å². The number of hydrogen-bond donors (Lipinski definition) is 1. The molecule has 0 bridgehead atoms. The smallest absolute Gasteiger partial charge is 0.296 e. The van der Waals surface area contributed by atoms with Crippen molar-refractivity contribution in [3.63, 3.8) is 0 Å². The Morgan fingerprint density at radius 3 is 2.41 bits per heavy atom. The minimum absolute atomic E-state index is 0.0172. The number of rotatable bonds is 6. The number of carbonyl (C=O) groups is 1. The molecule has 9 nitrogen and oxygen atoms in total. The molecule has 0 amide bonds. The van der Waals surface area contributed by atoms with Crippen molar-refractivity contribution >= 4 is 26.7 Å². The van der Waals surface area contributed by atoms with Gasteiger partial charge in [-0.05, 0) is 50.1 Å². The fourth-order valence-electron chi connectivity index (χ4n) is 3.44. The Morgan fingerprint density at radius 2 is 1.81 bits per heavy atom. The van der Waals surface area contributed by atoms with E-state index < -0.39 is 39.1 Å². The molecular weight excluding hydrogens is 432 g/mol. The SMILES string of the molecule is Cn1c(=O)n(CC(=O)c2ccc(C#N)cc2)c(=O)c2cc(S(=O)(=O)NC3(C)CC3)ccc21. The summed E-state index contributed by atoms with van der Waals surface area (Å²) in [6, 6.07) is 11.8. The summed E-state index contributed by atoms with van der Waals surface area (Å²) in [5, 5.41) is 8.90. The van der Waals surface area contributed by atoms with Crippen molar-refractivity contribution in [2.45, 2.75) is 36.7 Å². The molecule has 1 saturated carbocycles. The topological polar surface area (TPSA) is 131 Å². The zero-order chi connectivity index (χ0) is 23.3. The second kappa shape index (κ2) is 7.55. The van der Waals surface area contributed by atoms with Gasteiger partial charge in [0.15, 0.2) is 5.78 Å². The molecule has 0 spiro atoms. The van der Waals surface area contributed by atoms with Crippen LogP contribution in [-0.4, -0.2) is 28.9 Å². The largest absolute Gasteiger partial charge is 0.331 e. The average molecular weight is 452 g/mol. The highest BCUT2D eigenvalue weighted by atomic mass is 32.2. The summed E-state index contributed by atoms with van der Waals surface area (Å²) in [4.78, 5) is 38.4. The molecule has 10 heteroatoms. The van der Waals surface area contributed by atoms with E-state index in [4.69, 9.17) is 5.26 Å². The maximum atomic E-state index is 13.1. The van der Waals surface area contributed by atoms with Crippen LogP contribution in [0.25, 0.3) is 10.9 Å². The molecule has 0 saturated heterocycles. The second-order valence-corrected chi connectivity index (χ2v) is 9.87. The van der Waals surface area contributed by atoms with Gasteiger partial charge >= 0.3 is 5.69 Å². The Labute approximate surface area is 183 Å². The molecule has 1 N–H and O–H groups in total. The first-order valence-corrected chi connectivity index (χ1v) is 11.3. The van der Waals surface area contributed by atoms with Crippen molar-refractivity contribution in [2.75, 3.05) is 0 Å². The Balaban J connectivity index is 1.77. The van der Waals surface area contributed by atoms with Gasteiger partial charge in [0.1, 0.15) is 0 Å². The van der Waals surface area contributed by atoms with Crippen molar-refractivity contribution < 1.29 is 13.2 Å². The molecule has 164 valence electrons. The van der Waals surface area contributed by atoms with Crippen LogP contribution in [0.3, 0.4) is 0 Å². The fraction of sp³-hybridized carbons (Fsp3) is 0.273. The molecule has 0 radical (unpaired) electrons. The molecule has 0 unspecified atom stereocenters. The molecule has 1 fully saturated rings. The van der Waals surface area contributed by atoms with Gasteiger partial charge in [-0.2, -0.15) is 5.26 Å². The minimum atomic E-state index is -3.85. The number of fused-ring (bicyclic) bond motifs is 1. The Bertz CT molecular complexity index is 1520. The minimum Gasteiger partial charge on any atom is -0.296 e. The highest BCUT2D eigenvalue weighted by molar-refractivity contribution is 7.89. The van der Waals surface area contributed by atoms with Gasteiger partial charge in [0.25, 0.3) is 5.56 Å². The Kier molecular flexibility index (Phi) is 5.11. The van der Waals surface area contributed by atoms with Crippen LogP contribution in [0.5, 0.6) is 0 Å². The van der Waals surface area contributed by atoms with E-state index in [2.05, 4.69) is 4.72 Å². The lowest BCUT2D eigenvalue weighted by atomic mass is 10.1. The van der Waals surface area contributed by atoms with Gasteiger partial charge in [-0.15, -0.1) is 0 Å². The number of nitriles is 1. The summed E-state index contributed by atoms with van der Waals surface area (Å²) in [7, 11) is -2.40. The molecule has 2 aromatic carbocycles. The number of nitrogens with zero attached hydrogens (tertiary/aromatic N) is 3. The van der Waals surface area contributed by atoms with E-state index in [1.54, 1.807) is 6.92 Å². The number of carbonyl (C=O) groups excluding carboxylic acids is 1. The van der Waals surface area contributed by atoms with Crippen LogP contribution in [0, 0.1) is 11.3 Å². The standard InChI is InChI=1S/C22H20N4O5S/c1-22(9-10-22)24-32(30,31)16-7-8-18-17(11-16)20(28)26(21(29)25(18)2)13-19(27)15-5-3-14(12-23)4-6-15/h3-8,11,24H,9-10,13H2,1-2H3. The highest BCUT2D eigenvalue weighted by Crippen LogP contribution is 2.36. The predicted octanol–water partition coefficient (Wildman–Crippen LogP) is 1.29. The van der Waals surface area contributed by atoms with E-state index in [1.807, 2.05) is 6.07 Å². The molecule has 4 rings (SSSR count). The molecule has 0 aliphatic heterocycles.